The molecule has 0 radical (unpaired) electrons. The van der Waals surface area contributed by atoms with Crippen molar-refractivity contribution < 1.29 is 22.7 Å². The van der Waals surface area contributed by atoms with Crippen LogP contribution in [0.15, 0.2) is 28.3 Å². The van der Waals surface area contributed by atoms with Gasteiger partial charge >= 0.3 is 5.97 Å². The van der Waals surface area contributed by atoms with E-state index in [2.05, 4.69) is 0 Å². The minimum absolute atomic E-state index is 0.0765. The van der Waals surface area contributed by atoms with E-state index in [0.717, 1.165) is 37.8 Å². The number of sulfonamides is 1. The van der Waals surface area contributed by atoms with E-state index in [4.69, 9.17) is 14.5 Å². The van der Waals surface area contributed by atoms with Gasteiger partial charge in [-0.15, -0.1) is 0 Å². The van der Waals surface area contributed by atoms with Crippen LogP contribution in [-0.4, -0.2) is 65.9 Å². The molecule has 2 heterocycles. The Labute approximate surface area is 201 Å². The Hall–Kier alpha value is -1.62. The molecule has 2 atom stereocenters. The van der Waals surface area contributed by atoms with Crippen LogP contribution in [0.2, 0.25) is 0 Å². The SMILES string of the molecule is CCCCOC(=O)[C@H](C)Sc1nc2cc(S(=O)(=O)N(CC)CC)ccc2n1C[C@H]1CCCO1. The second-order valence-electron chi connectivity index (χ2n) is 8.16. The van der Waals surface area contributed by atoms with E-state index in [9.17, 15) is 13.2 Å². The molecule has 0 spiro atoms. The van der Waals surface area contributed by atoms with Crippen LogP contribution >= 0.6 is 11.8 Å². The second kappa shape index (κ2) is 11.7. The zero-order valence-corrected chi connectivity index (χ0v) is 21.6. The van der Waals surface area contributed by atoms with E-state index in [-0.39, 0.29) is 17.0 Å². The van der Waals surface area contributed by atoms with Crippen molar-refractivity contribution in [2.75, 3.05) is 26.3 Å². The smallest absolute Gasteiger partial charge is 0.319 e. The van der Waals surface area contributed by atoms with Gasteiger partial charge in [-0.25, -0.2) is 13.4 Å². The number of rotatable bonds is 12. The van der Waals surface area contributed by atoms with Gasteiger partial charge in [-0.05, 0) is 44.4 Å². The van der Waals surface area contributed by atoms with Gasteiger partial charge in [0, 0.05) is 19.7 Å². The molecule has 0 aliphatic carbocycles. The highest BCUT2D eigenvalue weighted by molar-refractivity contribution is 8.00. The van der Waals surface area contributed by atoms with Crippen molar-refractivity contribution in [1.82, 2.24) is 13.9 Å². The number of imidazole rings is 1. The maximum atomic E-state index is 13.0. The molecule has 33 heavy (non-hydrogen) atoms. The number of esters is 1. The normalized spacial score (nSPS) is 17.7. The number of hydrogen-bond acceptors (Lipinski definition) is 7. The van der Waals surface area contributed by atoms with Crippen LogP contribution in [0.5, 0.6) is 0 Å². The number of fused-ring (bicyclic) bond motifs is 1. The maximum Gasteiger partial charge on any atom is 0.319 e. The Kier molecular flexibility index (Phi) is 9.20. The zero-order valence-electron chi connectivity index (χ0n) is 20.0. The Morgan fingerprint density at radius 2 is 2.09 bits per heavy atom. The van der Waals surface area contributed by atoms with Gasteiger partial charge in [0.1, 0.15) is 5.25 Å². The molecule has 1 aromatic carbocycles. The maximum absolute atomic E-state index is 13.0. The van der Waals surface area contributed by atoms with Crippen LogP contribution in [-0.2, 0) is 30.8 Å². The Morgan fingerprint density at radius 1 is 1.33 bits per heavy atom. The van der Waals surface area contributed by atoms with Crippen molar-refractivity contribution >= 4 is 38.8 Å². The quantitative estimate of drug-likeness (QED) is 0.248. The van der Waals surface area contributed by atoms with E-state index in [1.807, 2.05) is 38.3 Å². The summed E-state index contributed by atoms with van der Waals surface area (Å²) in [6.45, 7) is 10.1. The van der Waals surface area contributed by atoms with Gasteiger partial charge in [0.05, 0.1) is 35.2 Å². The molecule has 0 unspecified atom stereocenters. The van der Waals surface area contributed by atoms with Crippen LogP contribution in [0.1, 0.15) is 53.4 Å². The Morgan fingerprint density at radius 3 is 2.73 bits per heavy atom. The molecule has 2 aromatic rings. The van der Waals surface area contributed by atoms with Gasteiger partial charge in [-0.3, -0.25) is 4.79 Å². The number of benzene rings is 1. The summed E-state index contributed by atoms with van der Waals surface area (Å²) in [7, 11) is -3.59. The fourth-order valence-corrected chi connectivity index (χ4v) is 6.27. The highest BCUT2D eigenvalue weighted by atomic mass is 32.2. The molecule has 1 aliphatic heterocycles. The molecule has 0 amide bonds. The van der Waals surface area contributed by atoms with Crippen molar-refractivity contribution in [3.63, 3.8) is 0 Å². The molecule has 1 saturated heterocycles. The third-order valence-electron chi connectivity index (χ3n) is 5.79. The Bertz CT molecular complexity index is 1040. The Balaban J connectivity index is 1.94. The number of carbonyl (C=O) groups excluding carboxylic acids is 1. The average Bonchev–Trinajstić information content (AvgIpc) is 3.42. The monoisotopic (exact) mass is 497 g/mol. The van der Waals surface area contributed by atoms with E-state index in [1.165, 1.54) is 16.1 Å². The van der Waals surface area contributed by atoms with Crippen LogP contribution in [0.25, 0.3) is 11.0 Å². The molecule has 184 valence electrons. The molecule has 1 fully saturated rings. The minimum atomic E-state index is -3.59. The first-order valence-corrected chi connectivity index (χ1v) is 14.1. The van der Waals surface area contributed by atoms with E-state index < -0.39 is 15.3 Å². The third-order valence-corrected chi connectivity index (χ3v) is 8.91. The predicted octanol–water partition coefficient (Wildman–Crippen LogP) is 4.07. The van der Waals surface area contributed by atoms with Crippen molar-refractivity contribution in [2.45, 2.75) is 81.3 Å². The first-order valence-electron chi connectivity index (χ1n) is 11.8. The molecule has 1 aromatic heterocycles. The fraction of sp³-hybridized carbons (Fsp3) is 0.652. The van der Waals surface area contributed by atoms with Crippen molar-refractivity contribution in [3.8, 4) is 0 Å². The lowest BCUT2D eigenvalue weighted by Gasteiger charge is -2.18. The largest absolute Gasteiger partial charge is 0.465 e. The summed E-state index contributed by atoms with van der Waals surface area (Å²) in [5, 5.41) is 0.235. The lowest BCUT2D eigenvalue weighted by Crippen LogP contribution is -2.30. The number of unbranched alkanes of at least 4 members (excludes halogenated alkanes) is 1. The van der Waals surface area contributed by atoms with Gasteiger partial charge in [0.25, 0.3) is 0 Å². The molecule has 0 saturated carbocycles. The molecule has 0 N–H and O–H groups in total. The van der Waals surface area contributed by atoms with Gasteiger partial charge in [0.2, 0.25) is 10.0 Å². The lowest BCUT2D eigenvalue weighted by atomic mass is 10.2. The number of hydrogen-bond donors (Lipinski definition) is 0. The van der Waals surface area contributed by atoms with Crippen LogP contribution in [0.4, 0.5) is 0 Å². The molecule has 10 heteroatoms. The molecule has 0 bridgehead atoms. The van der Waals surface area contributed by atoms with Crippen LogP contribution in [0.3, 0.4) is 0 Å². The summed E-state index contributed by atoms with van der Waals surface area (Å²) in [5.74, 6) is -0.269. The van der Waals surface area contributed by atoms with E-state index in [1.54, 1.807) is 12.1 Å². The van der Waals surface area contributed by atoms with Crippen molar-refractivity contribution in [2.24, 2.45) is 0 Å². The van der Waals surface area contributed by atoms with E-state index in [0.29, 0.717) is 36.9 Å². The lowest BCUT2D eigenvalue weighted by molar-refractivity contribution is -0.142. The summed E-state index contributed by atoms with van der Waals surface area (Å²) in [5.41, 5.74) is 1.42. The fourth-order valence-electron chi connectivity index (χ4n) is 3.86. The second-order valence-corrected chi connectivity index (χ2v) is 11.4. The number of nitrogens with zero attached hydrogens (tertiary/aromatic N) is 3. The highest BCUT2D eigenvalue weighted by Crippen LogP contribution is 2.31. The molecular weight excluding hydrogens is 462 g/mol. The van der Waals surface area contributed by atoms with Crippen molar-refractivity contribution in [1.29, 1.82) is 0 Å². The van der Waals surface area contributed by atoms with Crippen LogP contribution in [0, 0.1) is 0 Å². The number of thioether (sulfide) groups is 1. The number of carbonyl (C=O) groups is 1. The average molecular weight is 498 g/mol. The first kappa shape index (κ1) is 26.0. The summed E-state index contributed by atoms with van der Waals surface area (Å²) in [6, 6.07) is 5.08. The molecular formula is C23H35N3O5S2. The summed E-state index contributed by atoms with van der Waals surface area (Å²) in [6.07, 6.45) is 3.86. The van der Waals surface area contributed by atoms with Gasteiger partial charge in [-0.2, -0.15) is 4.31 Å². The number of aromatic nitrogens is 2. The van der Waals surface area contributed by atoms with E-state index >= 15 is 0 Å². The predicted molar refractivity (Wildman–Crippen MR) is 130 cm³/mol. The van der Waals surface area contributed by atoms with Gasteiger partial charge in [0.15, 0.2) is 5.16 Å². The number of ether oxygens (including phenoxy) is 2. The molecule has 1 aliphatic rings. The summed E-state index contributed by atoms with van der Waals surface area (Å²) < 4.78 is 40.7. The molecule has 3 rings (SSSR count). The van der Waals surface area contributed by atoms with Gasteiger partial charge in [-0.1, -0.05) is 39.0 Å². The standard InChI is InChI=1S/C23H35N3O5S2/c1-5-8-13-31-22(27)17(4)32-23-24-20-15-19(33(28,29)25(6-2)7-3)11-12-21(20)26(23)16-18-10-9-14-30-18/h11-12,15,17-18H,5-10,13-14,16H2,1-4H3/t17-,18+/m0/s1. The topological polar surface area (TPSA) is 90.7 Å². The summed E-state index contributed by atoms with van der Waals surface area (Å²) in [4.78, 5) is 17.4. The van der Waals surface area contributed by atoms with Crippen molar-refractivity contribution in [3.05, 3.63) is 18.2 Å². The third kappa shape index (κ3) is 6.09. The van der Waals surface area contributed by atoms with Gasteiger partial charge < -0.3 is 14.0 Å². The zero-order chi connectivity index (χ0) is 24.0. The first-order chi connectivity index (χ1) is 15.8. The summed E-state index contributed by atoms with van der Waals surface area (Å²) >= 11 is 1.34. The minimum Gasteiger partial charge on any atom is -0.465 e. The molecule has 8 nitrogen and oxygen atoms in total. The highest BCUT2D eigenvalue weighted by Gasteiger charge is 2.26. The van der Waals surface area contributed by atoms with Crippen LogP contribution < -0.4 is 0 Å².